The van der Waals surface area contributed by atoms with Crippen molar-refractivity contribution in [3.8, 4) is 0 Å². The van der Waals surface area contributed by atoms with E-state index in [2.05, 4.69) is 5.32 Å². The summed E-state index contributed by atoms with van der Waals surface area (Å²) in [6.07, 6.45) is -0.806. The highest BCUT2D eigenvalue weighted by Gasteiger charge is 2.25. The van der Waals surface area contributed by atoms with Gasteiger partial charge >= 0.3 is 0 Å². The average molecular weight is 119 g/mol. The third kappa shape index (κ3) is 0.980. The molecule has 1 saturated heterocycles. The van der Waals surface area contributed by atoms with Crippen LogP contribution in [0.1, 0.15) is 0 Å². The van der Waals surface area contributed by atoms with Crippen molar-refractivity contribution >= 4 is 0 Å². The van der Waals surface area contributed by atoms with E-state index in [0.29, 0.717) is 6.61 Å². The van der Waals surface area contributed by atoms with Crippen LogP contribution in [-0.2, 0) is 4.74 Å². The second-order valence-corrected chi connectivity index (χ2v) is 1.95. The molecule has 1 heterocycles. The van der Waals surface area contributed by atoms with E-state index in [9.17, 15) is 4.39 Å². The van der Waals surface area contributed by atoms with E-state index in [0.717, 1.165) is 0 Å². The fraction of sp³-hybridized carbons (Fsp3) is 1.00. The van der Waals surface area contributed by atoms with Gasteiger partial charge in [0.05, 0.1) is 19.3 Å². The molecule has 0 aromatic rings. The first kappa shape index (κ1) is 5.98. The summed E-state index contributed by atoms with van der Waals surface area (Å²) in [5.74, 6) is 0. The number of nitrogens with one attached hydrogen (secondary N) is 1. The van der Waals surface area contributed by atoms with E-state index in [1.807, 2.05) is 0 Å². The minimum absolute atomic E-state index is 0.0741. The van der Waals surface area contributed by atoms with Crippen LogP contribution in [0, 0.1) is 0 Å². The van der Waals surface area contributed by atoms with Gasteiger partial charge in [0, 0.05) is 0 Å². The van der Waals surface area contributed by atoms with Crippen LogP contribution in [0.3, 0.4) is 0 Å². The minimum atomic E-state index is -0.806. The first-order valence-corrected chi connectivity index (χ1v) is 2.73. The molecule has 0 bridgehead atoms. The largest absolute Gasteiger partial charge is 0.377 e. The van der Waals surface area contributed by atoms with Crippen LogP contribution in [-0.4, -0.2) is 32.5 Å². The van der Waals surface area contributed by atoms with Gasteiger partial charge in [-0.2, -0.15) is 0 Å². The SMILES string of the molecule is CN[C@@H]1COC[C@H]1F. The zero-order valence-electron chi connectivity index (χ0n) is 4.86. The molecule has 0 aromatic carbocycles. The maximum atomic E-state index is 12.4. The summed E-state index contributed by atoms with van der Waals surface area (Å²) in [5.41, 5.74) is 0. The zero-order chi connectivity index (χ0) is 5.98. The van der Waals surface area contributed by atoms with Gasteiger partial charge < -0.3 is 10.1 Å². The number of hydrogen-bond acceptors (Lipinski definition) is 2. The Hall–Kier alpha value is -0.150. The number of alkyl halides is 1. The van der Waals surface area contributed by atoms with E-state index < -0.39 is 6.17 Å². The molecule has 2 nitrogen and oxygen atoms in total. The van der Waals surface area contributed by atoms with Crippen molar-refractivity contribution in [2.45, 2.75) is 12.2 Å². The second-order valence-electron chi connectivity index (χ2n) is 1.95. The summed E-state index contributed by atoms with van der Waals surface area (Å²) in [6, 6.07) is -0.0741. The van der Waals surface area contributed by atoms with Crippen molar-refractivity contribution < 1.29 is 9.13 Å². The lowest BCUT2D eigenvalue weighted by atomic mass is 10.2. The van der Waals surface area contributed by atoms with E-state index in [-0.39, 0.29) is 12.6 Å². The van der Waals surface area contributed by atoms with Crippen LogP contribution in [0.2, 0.25) is 0 Å². The van der Waals surface area contributed by atoms with Crippen LogP contribution in [0.4, 0.5) is 4.39 Å². The third-order valence-electron chi connectivity index (χ3n) is 1.38. The van der Waals surface area contributed by atoms with Crippen molar-refractivity contribution in [2.24, 2.45) is 0 Å². The Morgan fingerprint density at radius 1 is 1.62 bits per heavy atom. The van der Waals surface area contributed by atoms with Gasteiger partial charge in [0.2, 0.25) is 0 Å². The number of likely N-dealkylation sites (N-methyl/N-ethyl adjacent to an activating group) is 1. The van der Waals surface area contributed by atoms with E-state index in [4.69, 9.17) is 4.74 Å². The van der Waals surface area contributed by atoms with Gasteiger partial charge in [-0.3, -0.25) is 0 Å². The standard InChI is InChI=1S/C5H10FNO/c1-7-5-3-8-2-4(5)6/h4-5,7H,2-3H2,1H3/t4-,5-/m1/s1. The molecule has 3 heteroatoms. The monoisotopic (exact) mass is 119 g/mol. The summed E-state index contributed by atoms with van der Waals surface area (Å²) in [5, 5.41) is 2.81. The average Bonchev–Trinajstić information content (AvgIpc) is 2.14. The van der Waals surface area contributed by atoms with Gasteiger partial charge in [-0.05, 0) is 7.05 Å². The lowest BCUT2D eigenvalue weighted by molar-refractivity contribution is 0.172. The molecule has 0 amide bonds. The van der Waals surface area contributed by atoms with Crippen LogP contribution < -0.4 is 5.32 Å². The smallest absolute Gasteiger partial charge is 0.141 e. The van der Waals surface area contributed by atoms with Crippen LogP contribution in [0.5, 0.6) is 0 Å². The van der Waals surface area contributed by atoms with Gasteiger partial charge in [0.15, 0.2) is 0 Å². The number of ether oxygens (including phenoxy) is 1. The van der Waals surface area contributed by atoms with Gasteiger partial charge in [0.25, 0.3) is 0 Å². The molecule has 48 valence electrons. The van der Waals surface area contributed by atoms with Crippen molar-refractivity contribution in [1.29, 1.82) is 0 Å². The lowest BCUT2D eigenvalue weighted by Gasteiger charge is -2.06. The zero-order valence-corrected chi connectivity index (χ0v) is 4.86. The molecule has 0 unspecified atom stereocenters. The summed E-state index contributed by atoms with van der Waals surface area (Å²) < 4.78 is 17.2. The molecule has 1 aliphatic rings. The van der Waals surface area contributed by atoms with Crippen LogP contribution >= 0.6 is 0 Å². The van der Waals surface area contributed by atoms with Crippen molar-refractivity contribution in [3.63, 3.8) is 0 Å². The highest BCUT2D eigenvalue weighted by molar-refractivity contribution is 4.78. The number of hydrogen-bond donors (Lipinski definition) is 1. The fourth-order valence-electron chi connectivity index (χ4n) is 0.792. The first-order chi connectivity index (χ1) is 3.84. The topological polar surface area (TPSA) is 21.3 Å². The Bertz CT molecular complexity index is 78.8. The summed E-state index contributed by atoms with van der Waals surface area (Å²) in [7, 11) is 1.74. The Kier molecular flexibility index (Phi) is 1.81. The van der Waals surface area contributed by atoms with Gasteiger partial charge in [-0.25, -0.2) is 4.39 Å². The predicted octanol–water partition coefficient (Wildman–Crippen LogP) is -0.0573. The number of halogens is 1. The highest BCUT2D eigenvalue weighted by Crippen LogP contribution is 2.07. The first-order valence-electron chi connectivity index (χ1n) is 2.73. The van der Waals surface area contributed by atoms with E-state index >= 15 is 0 Å². The van der Waals surface area contributed by atoms with Crippen molar-refractivity contribution in [2.75, 3.05) is 20.3 Å². The van der Waals surface area contributed by atoms with Crippen LogP contribution in [0.15, 0.2) is 0 Å². The quantitative estimate of drug-likeness (QED) is 0.522. The molecule has 1 aliphatic heterocycles. The summed E-state index contributed by atoms with van der Waals surface area (Å²) in [4.78, 5) is 0. The lowest BCUT2D eigenvalue weighted by Crippen LogP contribution is -2.33. The molecule has 2 atom stereocenters. The maximum Gasteiger partial charge on any atom is 0.141 e. The molecule has 1 N–H and O–H groups in total. The Labute approximate surface area is 48.0 Å². The molecule has 0 saturated carbocycles. The van der Waals surface area contributed by atoms with Gasteiger partial charge in [0.1, 0.15) is 6.17 Å². The second kappa shape index (κ2) is 2.42. The van der Waals surface area contributed by atoms with Gasteiger partial charge in [-0.15, -0.1) is 0 Å². The summed E-state index contributed by atoms with van der Waals surface area (Å²) >= 11 is 0. The molecular weight excluding hydrogens is 109 g/mol. The van der Waals surface area contributed by atoms with E-state index in [1.165, 1.54) is 0 Å². The molecule has 8 heavy (non-hydrogen) atoms. The molecule has 0 radical (unpaired) electrons. The van der Waals surface area contributed by atoms with Crippen molar-refractivity contribution in [3.05, 3.63) is 0 Å². The molecule has 0 aromatic heterocycles. The molecule has 0 aliphatic carbocycles. The maximum absolute atomic E-state index is 12.4. The molecule has 1 rings (SSSR count). The van der Waals surface area contributed by atoms with Gasteiger partial charge in [-0.1, -0.05) is 0 Å². The Morgan fingerprint density at radius 3 is 2.62 bits per heavy atom. The normalized spacial score (nSPS) is 38.2. The van der Waals surface area contributed by atoms with Crippen molar-refractivity contribution in [1.82, 2.24) is 5.32 Å². The predicted molar refractivity (Wildman–Crippen MR) is 28.6 cm³/mol. The Balaban J connectivity index is 2.30. The van der Waals surface area contributed by atoms with E-state index in [1.54, 1.807) is 7.05 Å². The third-order valence-corrected chi connectivity index (χ3v) is 1.38. The fourth-order valence-corrected chi connectivity index (χ4v) is 0.792. The highest BCUT2D eigenvalue weighted by atomic mass is 19.1. The molecule has 0 spiro atoms. The Morgan fingerprint density at radius 2 is 2.38 bits per heavy atom. The molecular formula is C5H10FNO. The summed E-state index contributed by atoms with van der Waals surface area (Å²) in [6.45, 7) is 0.767. The number of rotatable bonds is 1. The molecule has 1 fully saturated rings. The van der Waals surface area contributed by atoms with Crippen LogP contribution in [0.25, 0.3) is 0 Å². The minimum Gasteiger partial charge on any atom is -0.377 e.